The Bertz CT molecular complexity index is 1250. The summed E-state index contributed by atoms with van der Waals surface area (Å²) in [5.41, 5.74) is 3.40. The number of sulfonamides is 1. The third-order valence-electron chi connectivity index (χ3n) is 5.40. The maximum Gasteiger partial charge on any atom is 0.357 e. The van der Waals surface area contributed by atoms with E-state index in [0.717, 1.165) is 41.8 Å². The number of esters is 1. The van der Waals surface area contributed by atoms with E-state index in [1.807, 2.05) is 35.1 Å². The molecule has 3 rings (SSSR count). The number of hydrogen-bond acceptors (Lipinski definition) is 6. The Labute approximate surface area is 205 Å². The van der Waals surface area contributed by atoms with Crippen LogP contribution in [0.3, 0.4) is 0 Å². The molecule has 0 amide bonds. The maximum absolute atomic E-state index is 12.8. The van der Waals surface area contributed by atoms with Gasteiger partial charge < -0.3 is 9.30 Å². The van der Waals surface area contributed by atoms with Gasteiger partial charge in [-0.1, -0.05) is 49.7 Å². The van der Waals surface area contributed by atoms with Gasteiger partial charge in [-0.3, -0.25) is 0 Å². The molecule has 0 fully saturated rings. The molecule has 0 bridgehead atoms. The van der Waals surface area contributed by atoms with Gasteiger partial charge in [-0.05, 0) is 54.8 Å². The quantitative estimate of drug-likeness (QED) is 0.308. The number of unbranched alkanes of at least 4 members (excludes halogenated alkanes) is 1. The summed E-state index contributed by atoms with van der Waals surface area (Å²) < 4.78 is 30.7. The van der Waals surface area contributed by atoms with Crippen LogP contribution in [-0.2, 0) is 34.1 Å². The summed E-state index contributed by atoms with van der Waals surface area (Å²) in [7, 11) is -3.75. The zero-order chi connectivity index (χ0) is 24.7. The zero-order valence-electron chi connectivity index (χ0n) is 19.8. The van der Waals surface area contributed by atoms with Crippen LogP contribution in [-0.4, -0.2) is 36.8 Å². The van der Waals surface area contributed by atoms with Gasteiger partial charge in [-0.2, -0.15) is 0 Å². The van der Waals surface area contributed by atoms with Crippen molar-refractivity contribution in [2.75, 3.05) is 12.9 Å². The van der Waals surface area contributed by atoms with Gasteiger partial charge in [0.15, 0.2) is 5.69 Å². The van der Waals surface area contributed by atoms with Crippen molar-refractivity contribution in [3.05, 3.63) is 76.7 Å². The lowest BCUT2D eigenvalue weighted by molar-refractivity contribution is 0.0509. The minimum absolute atomic E-state index is 0.101. The Hall–Kier alpha value is -2.62. The molecule has 0 aliphatic carbocycles. The van der Waals surface area contributed by atoms with Crippen molar-refractivity contribution < 1.29 is 17.9 Å². The van der Waals surface area contributed by atoms with Crippen LogP contribution in [0.25, 0.3) is 0 Å². The Balaban J connectivity index is 1.93. The fourth-order valence-electron chi connectivity index (χ4n) is 3.80. The number of ether oxygens (including phenoxy) is 1. The minimum atomic E-state index is -3.75. The molecule has 0 atom stereocenters. The Morgan fingerprint density at radius 3 is 2.41 bits per heavy atom. The van der Waals surface area contributed by atoms with Gasteiger partial charge in [-0.15, -0.1) is 11.8 Å². The number of thioether (sulfide) groups is 1. The van der Waals surface area contributed by atoms with Crippen molar-refractivity contribution in [1.29, 1.82) is 0 Å². The average molecular weight is 502 g/mol. The van der Waals surface area contributed by atoms with E-state index in [-0.39, 0.29) is 10.9 Å². The number of nitrogens with two attached hydrogens (primary N) is 1. The first-order valence-electron chi connectivity index (χ1n) is 11.3. The summed E-state index contributed by atoms with van der Waals surface area (Å²) >= 11 is 1.44. The molecule has 0 saturated heterocycles. The first-order chi connectivity index (χ1) is 16.3. The highest BCUT2D eigenvalue weighted by Gasteiger charge is 2.24. The molecule has 0 aliphatic heterocycles. The van der Waals surface area contributed by atoms with Gasteiger partial charge in [0, 0.05) is 13.0 Å². The number of aryl methyl sites for hydroxylation is 1. The molecule has 2 N–H and O–H groups in total. The van der Waals surface area contributed by atoms with Crippen LogP contribution in [0.1, 0.15) is 59.7 Å². The van der Waals surface area contributed by atoms with Crippen LogP contribution in [0.4, 0.5) is 0 Å². The molecule has 1 heterocycles. The van der Waals surface area contributed by atoms with Crippen LogP contribution >= 0.6 is 11.8 Å². The Morgan fingerprint density at radius 1 is 1.09 bits per heavy atom. The number of carbonyl (C=O) groups is 1. The first kappa shape index (κ1) is 26.0. The molecule has 0 radical (unpaired) electrons. The van der Waals surface area contributed by atoms with Gasteiger partial charge in [0.05, 0.1) is 11.5 Å². The highest BCUT2D eigenvalue weighted by Crippen LogP contribution is 2.25. The lowest BCUT2D eigenvalue weighted by Gasteiger charge is -2.13. The Kier molecular flexibility index (Phi) is 8.93. The molecule has 3 aromatic rings. The van der Waals surface area contributed by atoms with Crippen molar-refractivity contribution in [1.82, 2.24) is 9.55 Å². The van der Waals surface area contributed by atoms with Gasteiger partial charge in [0.1, 0.15) is 10.9 Å². The van der Waals surface area contributed by atoms with Crippen molar-refractivity contribution >= 4 is 27.8 Å². The number of benzene rings is 2. The van der Waals surface area contributed by atoms with E-state index in [1.165, 1.54) is 17.8 Å². The van der Waals surface area contributed by atoms with Gasteiger partial charge in [-0.25, -0.2) is 23.3 Å². The second-order valence-corrected chi connectivity index (χ2v) is 10.3. The van der Waals surface area contributed by atoms with E-state index in [1.54, 1.807) is 19.1 Å². The van der Waals surface area contributed by atoms with Gasteiger partial charge in [0.25, 0.3) is 0 Å². The first-order valence-corrected chi connectivity index (χ1v) is 14.0. The van der Waals surface area contributed by atoms with Gasteiger partial charge in [0.2, 0.25) is 10.0 Å². The van der Waals surface area contributed by atoms with E-state index >= 15 is 0 Å². The third-order valence-corrected chi connectivity index (χ3v) is 6.98. The van der Waals surface area contributed by atoms with Crippen molar-refractivity contribution in [2.24, 2.45) is 5.14 Å². The van der Waals surface area contributed by atoms with Gasteiger partial charge >= 0.3 is 5.97 Å². The van der Waals surface area contributed by atoms with Crippen molar-refractivity contribution in [3.8, 4) is 0 Å². The van der Waals surface area contributed by atoms with E-state index in [0.29, 0.717) is 30.3 Å². The van der Waals surface area contributed by atoms with Crippen LogP contribution in [0.15, 0.2) is 58.5 Å². The molecule has 0 aliphatic rings. The van der Waals surface area contributed by atoms with Crippen LogP contribution in [0.5, 0.6) is 0 Å². The Morgan fingerprint density at radius 2 is 1.76 bits per heavy atom. The predicted molar refractivity (Wildman–Crippen MR) is 135 cm³/mol. The largest absolute Gasteiger partial charge is 0.461 e. The highest BCUT2D eigenvalue weighted by atomic mass is 32.2. The third kappa shape index (κ3) is 6.49. The number of rotatable bonds is 11. The van der Waals surface area contributed by atoms with Crippen LogP contribution < -0.4 is 5.14 Å². The lowest BCUT2D eigenvalue weighted by atomic mass is 10.0. The summed E-state index contributed by atoms with van der Waals surface area (Å²) in [6, 6.07) is 14.7. The molecular weight excluding hydrogens is 470 g/mol. The zero-order valence-corrected chi connectivity index (χ0v) is 21.4. The number of carbonyl (C=O) groups excluding carboxylic acids is 1. The number of aromatic nitrogens is 2. The summed E-state index contributed by atoms with van der Waals surface area (Å²) in [6.07, 6.45) is 5.26. The molecule has 1 aromatic heterocycles. The van der Waals surface area contributed by atoms with Crippen molar-refractivity contribution in [2.45, 2.75) is 56.0 Å². The molecule has 182 valence electrons. The smallest absolute Gasteiger partial charge is 0.357 e. The minimum Gasteiger partial charge on any atom is -0.461 e. The monoisotopic (exact) mass is 501 g/mol. The molecule has 0 unspecified atom stereocenters. The fraction of sp³-hybridized carbons (Fsp3) is 0.360. The fourth-order valence-corrected chi connectivity index (χ4v) is 4.97. The number of imidazole rings is 1. The SMILES string of the molecule is CCCCc1nc(SC)c(C(=O)OCC)n1Cc1cccc(Cc2cccc(S(N)(=O)=O)c2)c1. The normalized spacial score (nSPS) is 11.5. The number of primary sulfonamides is 1. The summed E-state index contributed by atoms with van der Waals surface area (Å²) in [5.74, 6) is 0.513. The van der Waals surface area contributed by atoms with Crippen LogP contribution in [0, 0.1) is 0 Å². The lowest BCUT2D eigenvalue weighted by Crippen LogP contribution is -2.16. The summed E-state index contributed by atoms with van der Waals surface area (Å²) in [4.78, 5) is 17.6. The second-order valence-electron chi connectivity index (χ2n) is 7.99. The maximum atomic E-state index is 12.8. The summed E-state index contributed by atoms with van der Waals surface area (Å²) in [6.45, 7) is 4.72. The van der Waals surface area contributed by atoms with E-state index in [9.17, 15) is 13.2 Å². The topological polar surface area (TPSA) is 104 Å². The highest BCUT2D eigenvalue weighted by molar-refractivity contribution is 7.98. The summed E-state index contributed by atoms with van der Waals surface area (Å²) in [5, 5.41) is 5.96. The van der Waals surface area contributed by atoms with Crippen LogP contribution in [0.2, 0.25) is 0 Å². The standard InChI is InChI=1S/C25H31N3O4S2/c1-4-6-13-22-27-24(33-3)23(25(29)32-5-2)28(22)17-20-11-7-9-18(15-20)14-19-10-8-12-21(16-19)34(26,30)31/h7-12,15-16H,4-6,13-14,17H2,1-3H3,(H2,26,30,31). The van der Waals surface area contributed by atoms with E-state index in [4.69, 9.17) is 14.9 Å². The van der Waals surface area contributed by atoms with E-state index < -0.39 is 10.0 Å². The molecule has 34 heavy (non-hydrogen) atoms. The molecular formula is C25H31N3O4S2. The average Bonchev–Trinajstić information content (AvgIpc) is 3.15. The molecule has 9 heteroatoms. The second kappa shape index (κ2) is 11.7. The molecule has 7 nitrogen and oxygen atoms in total. The number of hydrogen-bond donors (Lipinski definition) is 1. The molecule has 0 saturated carbocycles. The predicted octanol–water partition coefficient (Wildman–Crippen LogP) is 4.41. The molecule has 0 spiro atoms. The molecule has 2 aromatic carbocycles. The number of nitrogens with zero attached hydrogens (tertiary/aromatic N) is 2. The van der Waals surface area contributed by atoms with E-state index in [2.05, 4.69) is 13.0 Å². The van der Waals surface area contributed by atoms with Crippen molar-refractivity contribution in [3.63, 3.8) is 0 Å².